The van der Waals surface area contributed by atoms with Crippen LogP contribution in [0, 0.1) is 0 Å². The minimum atomic E-state index is -3.15. The van der Waals surface area contributed by atoms with E-state index in [0.717, 1.165) is 0 Å². The third kappa shape index (κ3) is 14.4. The quantitative estimate of drug-likeness (QED) is 0.270. The van der Waals surface area contributed by atoms with Gasteiger partial charge in [-0.1, -0.05) is 0 Å². The third-order valence-corrected chi connectivity index (χ3v) is 27.5. The first kappa shape index (κ1) is 31.2. The third-order valence-electron chi connectivity index (χ3n) is 3.38. The van der Waals surface area contributed by atoms with E-state index in [-0.39, 0.29) is 0 Å². The summed E-state index contributed by atoms with van der Waals surface area (Å²) < 4.78 is 44.9. The van der Waals surface area contributed by atoms with Gasteiger partial charge in [0.25, 0.3) is 0 Å². The van der Waals surface area contributed by atoms with Gasteiger partial charge in [0.15, 0.2) is 16.6 Å². The standard InChI is InChI=1S/C16H48O7Si7/c1-17-26(8,9)20-29(14,15)23-30(16,21-27(10,11)18-24(2,3)4)22-28(12,13)19-25(5,6)7/h1-16H3. The summed E-state index contributed by atoms with van der Waals surface area (Å²) in [5, 5.41) is 0. The molecule has 0 aromatic rings. The van der Waals surface area contributed by atoms with Gasteiger partial charge >= 0.3 is 43.0 Å². The van der Waals surface area contributed by atoms with E-state index < -0.39 is 59.7 Å². The second-order valence-corrected chi connectivity index (χ2v) is 38.2. The first-order valence-corrected chi connectivity index (χ1v) is 30.9. The predicted molar refractivity (Wildman–Crippen MR) is 142 cm³/mol. The molecule has 0 N–H and O–H groups in total. The Morgan fingerprint density at radius 2 is 0.600 bits per heavy atom. The Kier molecular flexibility index (Phi) is 10.7. The van der Waals surface area contributed by atoms with Crippen molar-refractivity contribution in [1.29, 1.82) is 0 Å². The lowest BCUT2D eigenvalue weighted by molar-refractivity contribution is 0.191. The van der Waals surface area contributed by atoms with Crippen LogP contribution in [0.2, 0.25) is 98.2 Å². The van der Waals surface area contributed by atoms with Gasteiger partial charge in [-0.3, -0.25) is 0 Å². The van der Waals surface area contributed by atoms with Crippen LogP contribution in [-0.4, -0.2) is 66.8 Å². The Morgan fingerprint density at radius 1 is 0.333 bits per heavy atom. The molecule has 0 amide bonds. The van der Waals surface area contributed by atoms with E-state index in [1.807, 2.05) is 32.7 Å². The highest BCUT2D eigenvalue weighted by atomic mass is 28.5. The molecule has 0 saturated carbocycles. The molecule has 0 saturated heterocycles. The van der Waals surface area contributed by atoms with Crippen molar-refractivity contribution in [3.8, 4) is 0 Å². The molecule has 0 aromatic heterocycles. The average molecular weight is 549 g/mol. The van der Waals surface area contributed by atoms with Crippen LogP contribution in [0.15, 0.2) is 0 Å². The number of rotatable bonds is 13. The lowest BCUT2D eigenvalue weighted by Gasteiger charge is -2.45. The van der Waals surface area contributed by atoms with Crippen molar-refractivity contribution in [2.24, 2.45) is 0 Å². The van der Waals surface area contributed by atoms with Crippen LogP contribution < -0.4 is 0 Å². The maximum atomic E-state index is 6.68. The first-order valence-electron chi connectivity index (χ1n) is 10.6. The van der Waals surface area contributed by atoms with E-state index in [9.17, 15) is 0 Å². The molecule has 0 unspecified atom stereocenters. The molecule has 14 heteroatoms. The number of hydrogen-bond acceptors (Lipinski definition) is 7. The second-order valence-electron chi connectivity index (χ2n) is 11.5. The van der Waals surface area contributed by atoms with Crippen molar-refractivity contribution in [2.75, 3.05) is 7.11 Å². The fourth-order valence-electron chi connectivity index (χ4n) is 3.57. The Hall–Kier alpha value is 1.24. The molecular formula is C16H48O7Si7. The minimum absolute atomic E-state index is 1.69. The van der Waals surface area contributed by atoms with Gasteiger partial charge in [0.1, 0.15) is 0 Å². The van der Waals surface area contributed by atoms with Gasteiger partial charge in [-0.05, 0) is 91.7 Å². The lowest BCUT2D eigenvalue weighted by Crippen LogP contribution is -2.64. The Labute approximate surface area is 193 Å². The molecule has 30 heavy (non-hydrogen) atoms. The van der Waals surface area contributed by atoms with Crippen LogP contribution in [-0.2, 0) is 29.1 Å². The lowest BCUT2D eigenvalue weighted by atomic mass is 11.8. The summed E-state index contributed by atoms with van der Waals surface area (Å²) in [4.78, 5) is 0. The normalized spacial score (nSPS) is 15.6. The SMILES string of the molecule is CO[Si](C)(C)O[Si](C)(C)O[Si](C)(O[Si](C)(C)O[Si](C)(C)C)O[Si](C)(C)O[Si](C)(C)C. The Bertz CT molecular complexity index is 527. The van der Waals surface area contributed by atoms with Crippen LogP contribution in [0.4, 0.5) is 0 Å². The smallest absolute Gasteiger partial charge is 0.437 e. The Balaban J connectivity index is 5.90. The second kappa shape index (κ2) is 10.2. The Morgan fingerprint density at radius 3 is 0.833 bits per heavy atom. The minimum Gasteiger partial charge on any atom is -0.437 e. The maximum absolute atomic E-state index is 6.68. The van der Waals surface area contributed by atoms with Gasteiger partial charge in [-0.2, -0.15) is 0 Å². The van der Waals surface area contributed by atoms with Crippen LogP contribution in [0.5, 0.6) is 0 Å². The molecule has 0 radical (unpaired) electrons. The van der Waals surface area contributed by atoms with Crippen molar-refractivity contribution in [3.05, 3.63) is 0 Å². The van der Waals surface area contributed by atoms with E-state index in [1.165, 1.54) is 0 Å². The predicted octanol–water partition coefficient (Wildman–Crippen LogP) is 5.78. The van der Waals surface area contributed by atoms with Crippen LogP contribution in [0.1, 0.15) is 0 Å². The average Bonchev–Trinajstić information content (AvgIpc) is 2.26. The molecule has 0 atom stereocenters. The van der Waals surface area contributed by atoms with Gasteiger partial charge in [-0.25, -0.2) is 0 Å². The zero-order chi connectivity index (χ0) is 24.4. The fourth-order valence-corrected chi connectivity index (χ4v) is 34.4. The van der Waals surface area contributed by atoms with E-state index in [1.54, 1.807) is 7.11 Å². The summed E-state index contributed by atoms with van der Waals surface area (Å²) in [5.41, 5.74) is 0. The molecular weight excluding hydrogens is 501 g/mol. The van der Waals surface area contributed by atoms with Crippen molar-refractivity contribution < 1.29 is 29.1 Å². The summed E-state index contributed by atoms with van der Waals surface area (Å²) in [5.74, 6) is 0. The van der Waals surface area contributed by atoms with Crippen molar-refractivity contribution in [3.63, 3.8) is 0 Å². The largest absolute Gasteiger partial charge is 0.470 e. The topological polar surface area (TPSA) is 64.6 Å². The molecule has 0 rings (SSSR count). The molecule has 0 fully saturated rings. The summed E-state index contributed by atoms with van der Waals surface area (Å²) in [6.45, 7) is 31.4. The maximum Gasteiger partial charge on any atom is 0.470 e. The zero-order valence-corrected chi connectivity index (χ0v) is 29.4. The summed E-state index contributed by atoms with van der Waals surface area (Å²) >= 11 is 0. The highest BCUT2D eigenvalue weighted by Crippen LogP contribution is 2.30. The van der Waals surface area contributed by atoms with Gasteiger partial charge in [-0.15, -0.1) is 0 Å². The molecule has 0 spiro atoms. The molecule has 0 aliphatic rings. The van der Waals surface area contributed by atoms with Crippen molar-refractivity contribution in [2.45, 2.75) is 98.2 Å². The van der Waals surface area contributed by atoms with Gasteiger partial charge < -0.3 is 29.1 Å². The van der Waals surface area contributed by atoms with Gasteiger partial charge in [0.05, 0.1) is 0 Å². The van der Waals surface area contributed by atoms with E-state index >= 15 is 0 Å². The van der Waals surface area contributed by atoms with Crippen LogP contribution in [0.25, 0.3) is 0 Å². The molecule has 0 heterocycles. The zero-order valence-electron chi connectivity index (χ0n) is 22.4. The van der Waals surface area contributed by atoms with Gasteiger partial charge in [0.2, 0.25) is 0 Å². The molecule has 0 aliphatic heterocycles. The molecule has 0 bridgehead atoms. The molecule has 0 aromatic carbocycles. The molecule has 182 valence electrons. The van der Waals surface area contributed by atoms with E-state index in [2.05, 4.69) is 65.5 Å². The van der Waals surface area contributed by atoms with Crippen LogP contribution >= 0.6 is 0 Å². The van der Waals surface area contributed by atoms with E-state index in [4.69, 9.17) is 29.1 Å². The highest BCUT2D eigenvalue weighted by molar-refractivity contribution is 6.92. The monoisotopic (exact) mass is 548 g/mol. The highest BCUT2D eigenvalue weighted by Gasteiger charge is 2.53. The van der Waals surface area contributed by atoms with Crippen molar-refractivity contribution >= 4 is 59.7 Å². The van der Waals surface area contributed by atoms with Crippen molar-refractivity contribution in [1.82, 2.24) is 0 Å². The summed E-state index contributed by atoms with van der Waals surface area (Å²) in [7, 11) is -14.9. The van der Waals surface area contributed by atoms with Gasteiger partial charge in [0, 0.05) is 13.7 Å². The summed E-state index contributed by atoms with van der Waals surface area (Å²) in [6.07, 6.45) is 0. The summed E-state index contributed by atoms with van der Waals surface area (Å²) in [6, 6.07) is 0. The fraction of sp³-hybridized carbons (Fsp3) is 1.00. The molecule has 7 nitrogen and oxygen atoms in total. The van der Waals surface area contributed by atoms with Crippen LogP contribution in [0.3, 0.4) is 0 Å². The van der Waals surface area contributed by atoms with E-state index in [0.29, 0.717) is 0 Å². The molecule has 0 aliphatic carbocycles. The first-order chi connectivity index (χ1) is 12.8. The number of hydrogen-bond donors (Lipinski definition) is 0.